The molecule has 0 spiro atoms. The van der Waals surface area contributed by atoms with Crippen molar-refractivity contribution < 1.29 is 14.3 Å². The van der Waals surface area contributed by atoms with Crippen LogP contribution in [-0.2, 0) is 0 Å². The number of carbonyl (C=O) groups is 1. The van der Waals surface area contributed by atoms with Crippen LogP contribution in [0.25, 0.3) is 0 Å². The SMILES string of the molecule is CCOc1c(Cl)cc(C(=O)NC(C)(CN)C2CC2)cc1OC. The molecule has 0 radical (unpaired) electrons. The molecule has 0 aromatic heterocycles. The fraction of sp³-hybridized carbons (Fsp3) is 0.562. The third-order valence-electron chi connectivity index (χ3n) is 4.08. The maximum absolute atomic E-state index is 12.5. The van der Waals surface area contributed by atoms with E-state index in [4.69, 9.17) is 26.8 Å². The lowest BCUT2D eigenvalue weighted by atomic mass is 9.95. The summed E-state index contributed by atoms with van der Waals surface area (Å²) < 4.78 is 10.7. The first-order valence-electron chi connectivity index (χ1n) is 7.48. The monoisotopic (exact) mass is 326 g/mol. The minimum atomic E-state index is -0.380. The van der Waals surface area contributed by atoms with Crippen LogP contribution in [-0.4, -0.2) is 31.7 Å². The molecule has 5 nitrogen and oxygen atoms in total. The van der Waals surface area contributed by atoms with E-state index in [0.29, 0.717) is 41.2 Å². The molecule has 1 fully saturated rings. The molecule has 6 heteroatoms. The minimum Gasteiger partial charge on any atom is -0.493 e. The summed E-state index contributed by atoms with van der Waals surface area (Å²) in [6.45, 7) is 4.72. The average Bonchev–Trinajstić information content (AvgIpc) is 3.34. The summed E-state index contributed by atoms with van der Waals surface area (Å²) >= 11 is 6.21. The fourth-order valence-electron chi connectivity index (χ4n) is 2.51. The van der Waals surface area contributed by atoms with Crippen molar-refractivity contribution in [2.45, 2.75) is 32.2 Å². The van der Waals surface area contributed by atoms with E-state index in [2.05, 4.69) is 5.32 Å². The van der Waals surface area contributed by atoms with Gasteiger partial charge in [-0.2, -0.15) is 0 Å². The van der Waals surface area contributed by atoms with Crippen LogP contribution in [0.5, 0.6) is 11.5 Å². The molecule has 1 atom stereocenters. The number of nitrogens with two attached hydrogens (primary N) is 1. The van der Waals surface area contributed by atoms with Gasteiger partial charge in [-0.3, -0.25) is 4.79 Å². The molecule has 1 aliphatic rings. The van der Waals surface area contributed by atoms with Gasteiger partial charge in [-0.05, 0) is 44.7 Å². The van der Waals surface area contributed by atoms with E-state index in [1.807, 2.05) is 13.8 Å². The lowest BCUT2D eigenvalue weighted by Crippen LogP contribution is -2.53. The van der Waals surface area contributed by atoms with E-state index in [0.717, 1.165) is 12.8 Å². The Hall–Kier alpha value is -1.46. The van der Waals surface area contributed by atoms with Gasteiger partial charge in [-0.15, -0.1) is 0 Å². The Balaban J connectivity index is 2.24. The molecule has 0 aliphatic heterocycles. The van der Waals surface area contributed by atoms with Crippen LogP contribution < -0.4 is 20.5 Å². The molecule has 1 aromatic carbocycles. The van der Waals surface area contributed by atoms with Crippen molar-refractivity contribution >= 4 is 17.5 Å². The van der Waals surface area contributed by atoms with Gasteiger partial charge in [0, 0.05) is 12.1 Å². The Labute approximate surface area is 136 Å². The predicted octanol–water partition coefficient (Wildman–Crippen LogP) is 2.60. The average molecular weight is 327 g/mol. The van der Waals surface area contributed by atoms with Crippen LogP contribution >= 0.6 is 11.6 Å². The Morgan fingerprint density at radius 1 is 1.50 bits per heavy atom. The van der Waals surface area contributed by atoms with Gasteiger partial charge in [-0.1, -0.05) is 11.6 Å². The normalized spacial score (nSPS) is 16.8. The molecular weight excluding hydrogens is 304 g/mol. The van der Waals surface area contributed by atoms with Crippen molar-refractivity contribution in [3.8, 4) is 11.5 Å². The van der Waals surface area contributed by atoms with E-state index >= 15 is 0 Å². The van der Waals surface area contributed by atoms with Gasteiger partial charge in [0.25, 0.3) is 5.91 Å². The lowest BCUT2D eigenvalue weighted by molar-refractivity contribution is 0.0897. The molecule has 1 unspecified atom stereocenters. The van der Waals surface area contributed by atoms with Crippen LogP contribution in [0, 0.1) is 5.92 Å². The van der Waals surface area contributed by atoms with Crippen LogP contribution in [0.3, 0.4) is 0 Å². The number of nitrogens with one attached hydrogen (secondary N) is 1. The quantitative estimate of drug-likeness (QED) is 0.807. The van der Waals surface area contributed by atoms with E-state index in [1.54, 1.807) is 12.1 Å². The smallest absolute Gasteiger partial charge is 0.251 e. The topological polar surface area (TPSA) is 73.6 Å². The first kappa shape index (κ1) is 16.9. The summed E-state index contributed by atoms with van der Waals surface area (Å²) in [6, 6.07) is 3.23. The number of hydrogen-bond donors (Lipinski definition) is 2. The number of amides is 1. The Morgan fingerprint density at radius 2 is 2.18 bits per heavy atom. The molecule has 3 N–H and O–H groups in total. The third kappa shape index (κ3) is 3.47. The van der Waals surface area contributed by atoms with Crippen molar-refractivity contribution in [3.05, 3.63) is 22.7 Å². The number of halogens is 1. The van der Waals surface area contributed by atoms with Crippen molar-refractivity contribution in [2.24, 2.45) is 11.7 Å². The Morgan fingerprint density at radius 3 is 2.68 bits per heavy atom. The maximum atomic E-state index is 12.5. The Bertz CT molecular complexity index is 561. The summed E-state index contributed by atoms with van der Waals surface area (Å²) in [7, 11) is 1.52. The number of hydrogen-bond acceptors (Lipinski definition) is 4. The van der Waals surface area contributed by atoms with Crippen LogP contribution in [0.4, 0.5) is 0 Å². The number of carbonyl (C=O) groups excluding carboxylic acids is 1. The summed E-state index contributed by atoms with van der Waals surface area (Å²) in [6.07, 6.45) is 2.20. The molecular formula is C16H23ClN2O3. The lowest BCUT2D eigenvalue weighted by Gasteiger charge is -2.29. The second kappa shape index (κ2) is 6.75. The molecule has 0 heterocycles. The highest BCUT2D eigenvalue weighted by Crippen LogP contribution is 2.40. The first-order valence-corrected chi connectivity index (χ1v) is 7.86. The zero-order valence-electron chi connectivity index (χ0n) is 13.2. The van der Waals surface area contributed by atoms with Crippen LogP contribution in [0.2, 0.25) is 5.02 Å². The maximum Gasteiger partial charge on any atom is 0.251 e. The number of benzene rings is 1. The molecule has 0 bridgehead atoms. The molecule has 1 aliphatic carbocycles. The molecule has 22 heavy (non-hydrogen) atoms. The largest absolute Gasteiger partial charge is 0.493 e. The van der Waals surface area contributed by atoms with Crippen molar-refractivity contribution in [1.29, 1.82) is 0 Å². The zero-order chi connectivity index (χ0) is 16.3. The van der Waals surface area contributed by atoms with Crippen molar-refractivity contribution in [1.82, 2.24) is 5.32 Å². The van der Waals surface area contributed by atoms with Crippen LogP contribution in [0.1, 0.15) is 37.0 Å². The van der Waals surface area contributed by atoms with Gasteiger partial charge in [0.15, 0.2) is 11.5 Å². The molecule has 1 amide bonds. The summed E-state index contributed by atoms with van der Waals surface area (Å²) in [5.41, 5.74) is 5.89. The Kier molecular flexibility index (Phi) is 5.19. The molecule has 122 valence electrons. The number of methoxy groups -OCH3 is 1. The summed E-state index contributed by atoms with van der Waals surface area (Å²) in [5, 5.41) is 3.39. The van der Waals surface area contributed by atoms with E-state index in [9.17, 15) is 4.79 Å². The van der Waals surface area contributed by atoms with E-state index in [1.165, 1.54) is 7.11 Å². The van der Waals surface area contributed by atoms with Gasteiger partial charge in [0.1, 0.15) is 0 Å². The van der Waals surface area contributed by atoms with E-state index < -0.39 is 0 Å². The standard InChI is InChI=1S/C16H23ClN2O3/c1-4-22-14-12(17)7-10(8-13(14)21-3)15(20)19-16(2,9-18)11-5-6-11/h7-8,11H,4-6,9,18H2,1-3H3,(H,19,20). The highest BCUT2D eigenvalue weighted by Gasteiger charge is 2.41. The van der Waals surface area contributed by atoms with Gasteiger partial charge in [-0.25, -0.2) is 0 Å². The predicted molar refractivity (Wildman–Crippen MR) is 86.8 cm³/mol. The molecule has 2 rings (SSSR count). The van der Waals surface area contributed by atoms with Crippen molar-refractivity contribution in [3.63, 3.8) is 0 Å². The highest BCUT2D eigenvalue weighted by atomic mass is 35.5. The van der Waals surface area contributed by atoms with Gasteiger partial charge in [0.05, 0.1) is 24.3 Å². The number of ether oxygens (including phenoxy) is 2. The summed E-state index contributed by atoms with van der Waals surface area (Å²) in [5.74, 6) is 1.14. The summed E-state index contributed by atoms with van der Waals surface area (Å²) in [4.78, 5) is 12.5. The van der Waals surface area contributed by atoms with Crippen molar-refractivity contribution in [2.75, 3.05) is 20.3 Å². The zero-order valence-corrected chi connectivity index (χ0v) is 14.0. The third-order valence-corrected chi connectivity index (χ3v) is 4.36. The first-order chi connectivity index (χ1) is 10.4. The second-order valence-electron chi connectivity index (χ2n) is 5.77. The molecule has 0 saturated heterocycles. The van der Waals surface area contributed by atoms with Gasteiger partial charge >= 0.3 is 0 Å². The van der Waals surface area contributed by atoms with Crippen LogP contribution in [0.15, 0.2) is 12.1 Å². The van der Waals surface area contributed by atoms with Gasteiger partial charge < -0.3 is 20.5 Å². The highest BCUT2D eigenvalue weighted by molar-refractivity contribution is 6.32. The number of rotatable bonds is 7. The molecule has 1 aromatic rings. The minimum absolute atomic E-state index is 0.205. The fourth-order valence-corrected chi connectivity index (χ4v) is 2.77. The second-order valence-corrected chi connectivity index (χ2v) is 6.18. The van der Waals surface area contributed by atoms with E-state index in [-0.39, 0.29) is 11.4 Å². The van der Waals surface area contributed by atoms with Gasteiger partial charge in [0.2, 0.25) is 0 Å². The molecule has 1 saturated carbocycles.